The van der Waals surface area contributed by atoms with E-state index in [1.807, 2.05) is 0 Å². The molecule has 14 heteroatoms. The average molecular weight is 392 g/mol. The molecule has 0 amide bonds. The van der Waals surface area contributed by atoms with Crippen LogP contribution >= 0.6 is 0 Å². The van der Waals surface area contributed by atoms with Gasteiger partial charge in [-0.15, -0.1) is 0 Å². The zero-order valence-corrected chi connectivity index (χ0v) is 13.2. The first kappa shape index (κ1) is 29.9. The Hall–Kier alpha value is 2.37. The van der Waals surface area contributed by atoms with Crippen molar-refractivity contribution in [1.82, 2.24) is 0 Å². The van der Waals surface area contributed by atoms with Crippen molar-refractivity contribution in [3.8, 4) is 0 Å². The predicted molar refractivity (Wildman–Crippen MR) is 2.06 cm³/mol. The van der Waals surface area contributed by atoms with Gasteiger partial charge in [0.05, 0.1) is 0 Å². The van der Waals surface area contributed by atoms with E-state index >= 15 is 0 Å². The summed E-state index contributed by atoms with van der Waals surface area (Å²) < 4.78 is 77.2. The molecule has 0 rings (SSSR count). The van der Waals surface area contributed by atoms with Crippen LogP contribution in [-0.4, -0.2) is 0 Å². The molecule has 0 aromatic carbocycles. The molecule has 0 N–H and O–H groups in total. The molecule has 0 heterocycles. The van der Waals surface area contributed by atoms with Crippen LogP contribution in [0.5, 0.6) is 0 Å². The van der Waals surface area contributed by atoms with Gasteiger partial charge in [-0.3, -0.25) is 0 Å². The van der Waals surface area contributed by atoms with Gasteiger partial charge in [-0.2, -0.15) is 0 Å². The average Bonchev–Trinajstić information content (AvgIpc) is 1.54. The molecule has 0 aromatic rings. The second kappa shape index (κ2) is 24.5. The van der Waals surface area contributed by atoms with Crippen molar-refractivity contribution in [2.24, 2.45) is 0 Å². The Labute approximate surface area is 121 Å². The van der Waals surface area contributed by atoms with Gasteiger partial charge in [0.25, 0.3) is 0 Å². The quantitative estimate of drug-likeness (QED) is 0.361. The Kier molecular flexibility index (Phi) is 52.5. The number of rotatable bonds is 0. The molecule has 0 fully saturated rings. The molecule has 0 aliphatic heterocycles. The van der Waals surface area contributed by atoms with E-state index in [1.165, 1.54) is 0 Å². The van der Waals surface area contributed by atoms with Crippen LogP contribution in [0.4, 0.5) is 0 Å². The first-order valence-electron chi connectivity index (χ1n) is 1.84. The predicted octanol–water partition coefficient (Wildman–Crippen LogP) is -7.50. The van der Waals surface area contributed by atoms with Crippen LogP contribution in [0.1, 0.15) is 0 Å². The summed E-state index contributed by atoms with van der Waals surface area (Å²) in [5, 5.41) is 0. The molecule has 0 saturated carbocycles. The zero-order valence-electron chi connectivity index (χ0n) is 5.99. The second-order valence-electron chi connectivity index (χ2n) is 0.750. The first-order chi connectivity index (χ1) is 5.20. The van der Waals surface area contributed by atoms with E-state index in [0.717, 1.165) is 0 Å². The molecule has 9 nitrogen and oxygen atoms in total. The maximum absolute atomic E-state index is 8.58. The third-order valence-electron chi connectivity index (χ3n) is 0. The van der Waals surface area contributed by atoms with Crippen molar-refractivity contribution < 1.29 is 123 Å². The third-order valence-corrected chi connectivity index (χ3v) is 0. The minimum atomic E-state index is -4.08. The topological polar surface area (TPSA) is 190 Å². The van der Waals surface area contributed by atoms with Crippen molar-refractivity contribution in [3.63, 3.8) is 0 Å². The fourth-order valence-electron chi connectivity index (χ4n) is 0. The van der Waals surface area contributed by atoms with E-state index in [2.05, 4.69) is 0 Å². The number of hydrogen-bond acceptors (Lipinski definition) is 9. The van der Waals surface area contributed by atoms with Crippen LogP contribution in [0.3, 0.4) is 0 Å². The van der Waals surface area contributed by atoms with Gasteiger partial charge in [-0.1, -0.05) is 0 Å². The standard InChI is InChI=1S/2Cr.9O.3Ti/q2*+3;;;;6*-1;;;. The molecule has 0 bridgehead atoms. The van der Waals surface area contributed by atoms with Gasteiger partial charge < -0.3 is 0 Å². The van der Waals surface area contributed by atoms with Gasteiger partial charge in [0, 0.05) is 0 Å². The molecular formula is Cr2O9Ti3. The van der Waals surface area contributed by atoms with E-state index in [0.29, 0.717) is 0 Å². The van der Waals surface area contributed by atoms with Gasteiger partial charge in [0.1, 0.15) is 0 Å². The van der Waals surface area contributed by atoms with E-state index in [4.69, 9.17) is 32.1 Å². The normalized spacial score (nSPS) is 5.57. The molecule has 0 aromatic heterocycles. The summed E-state index contributed by atoms with van der Waals surface area (Å²) >= 11 is -12.2. The summed E-state index contributed by atoms with van der Waals surface area (Å²) in [5.41, 5.74) is 0. The Balaban J connectivity index is -0.0000000270. The molecule has 0 aliphatic carbocycles. The van der Waals surface area contributed by atoms with Gasteiger partial charge >= 0.3 is 123 Å². The molecule has 0 atom stereocenters. The molecule has 0 aliphatic rings. The molecule has 2 radical (unpaired) electrons. The Morgan fingerprint density at radius 1 is 0.500 bits per heavy atom. The summed E-state index contributed by atoms with van der Waals surface area (Å²) in [5.74, 6) is 0. The van der Waals surface area contributed by atoms with Gasteiger partial charge in [0.2, 0.25) is 0 Å². The summed E-state index contributed by atoms with van der Waals surface area (Å²) in [4.78, 5) is 0. The maximum atomic E-state index is 8.58. The summed E-state index contributed by atoms with van der Waals surface area (Å²) in [7, 11) is 0. The molecule has 0 saturated heterocycles. The molecule has 0 unspecified atom stereocenters. The third kappa shape index (κ3) is 458. The summed E-state index contributed by atoms with van der Waals surface area (Å²) in [6.07, 6.45) is 0. The fraction of sp³-hybridized carbons (Fsp3) is 0. The van der Waals surface area contributed by atoms with Crippen molar-refractivity contribution >= 4 is 0 Å². The van der Waals surface area contributed by atoms with Crippen LogP contribution in [-0.2, 0) is 101 Å². The van der Waals surface area contributed by atoms with Crippen molar-refractivity contribution in [2.75, 3.05) is 0 Å². The van der Waals surface area contributed by atoms with E-state index < -0.39 is 55.8 Å². The second-order valence-corrected chi connectivity index (χ2v) is 3.09. The van der Waals surface area contributed by atoms with Crippen molar-refractivity contribution in [2.45, 2.75) is 0 Å². The molecular weight excluding hydrogens is 392 g/mol. The fourth-order valence-corrected chi connectivity index (χ4v) is 0. The van der Waals surface area contributed by atoms with Crippen LogP contribution in [0.2, 0.25) is 0 Å². The first-order valence-corrected chi connectivity index (χ1v) is 7.57. The molecule has 14 heavy (non-hydrogen) atoms. The Morgan fingerprint density at radius 2 is 0.500 bits per heavy atom. The Morgan fingerprint density at radius 3 is 0.500 bits per heavy atom. The summed E-state index contributed by atoms with van der Waals surface area (Å²) in [6, 6.07) is 0. The van der Waals surface area contributed by atoms with Gasteiger partial charge in [-0.25, -0.2) is 0 Å². The van der Waals surface area contributed by atoms with Crippen molar-refractivity contribution in [3.05, 3.63) is 0 Å². The van der Waals surface area contributed by atoms with E-state index in [-0.39, 0.29) is 34.7 Å². The van der Waals surface area contributed by atoms with Gasteiger partial charge in [-0.05, 0) is 0 Å². The van der Waals surface area contributed by atoms with E-state index in [9.17, 15) is 0 Å². The van der Waals surface area contributed by atoms with Crippen LogP contribution in [0.25, 0.3) is 0 Å². The van der Waals surface area contributed by atoms with Crippen LogP contribution in [0.15, 0.2) is 0 Å². The SMILES string of the molecule is [Cr+3].[Cr+3].[O]=[Ti]([O-])[O-].[O]=[Ti]([O-])[O-].[O]=[Ti]([O-])[O-]. The summed E-state index contributed by atoms with van der Waals surface area (Å²) in [6.45, 7) is 0. The van der Waals surface area contributed by atoms with Crippen molar-refractivity contribution in [1.29, 1.82) is 0 Å². The monoisotopic (exact) mass is 392 g/mol. The molecule has 78 valence electrons. The molecule has 0 spiro atoms. The number of hydrogen-bond donors (Lipinski definition) is 0. The van der Waals surface area contributed by atoms with Crippen LogP contribution in [0, 0.1) is 0 Å². The van der Waals surface area contributed by atoms with E-state index in [1.54, 1.807) is 0 Å². The zero-order chi connectivity index (χ0) is 10.7. The van der Waals surface area contributed by atoms with Crippen LogP contribution < -0.4 is 22.1 Å². The van der Waals surface area contributed by atoms with Gasteiger partial charge in [0.15, 0.2) is 0 Å². The Bertz CT molecular complexity index is 116. The minimum absolute atomic E-state index is 0.